The number of rotatable bonds is 4. The highest BCUT2D eigenvalue weighted by Crippen LogP contribution is 2.29. The Bertz CT molecular complexity index is 423. The van der Waals surface area contributed by atoms with E-state index in [0.29, 0.717) is 12.0 Å². The van der Waals surface area contributed by atoms with Gasteiger partial charge in [0.1, 0.15) is 0 Å². The van der Waals surface area contributed by atoms with E-state index in [4.69, 9.17) is 0 Å². The van der Waals surface area contributed by atoms with Gasteiger partial charge in [-0.05, 0) is 43.3 Å². The van der Waals surface area contributed by atoms with Gasteiger partial charge in [0.15, 0.2) is 5.78 Å². The van der Waals surface area contributed by atoms with E-state index in [1.165, 1.54) is 18.4 Å². The van der Waals surface area contributed by atoms with Crippen molar-refractivity contribution in [2.45, 2.75) is 40.0 Å². The number of nitrogens with zero attached hydrogens (tertiary/aromatic N) is 1. The van der Waals surface area contributed by atoms with Crippen molar-refractivity contribution in [1.82, 2.24) is 4.90 Å². The molecule has 104 valence electrons. The maximum absolute atomic E-state index is 12.2. The topological polar surface area (TPSA) is 20.3 Å². The van der Waals surface area contributed by atoms with Gasteiger partial charge in [0.05, 0.1) is 6.54 Å². The first-order valence-electron chi connectivity index (χ1n) is 7.35. The normalized spacial score (nSPS) is 19.3. The molecule has 2 heteroatoms. The second kappa shape index (κ2) is 5.87. The van der Waals surface area contributed by atoms with Crippen LogP contribution in [-0.4, -0.2) is 30.3 Å². The molecule has 1 fully saturated rings. The molecule has 0 bridgehead atoms. The maximum atomic E-state index is 12.2. The van der Waals surface area contributed by atoms with Gasteiger partial charge < -0.3 is 0 Å². The fourth-order valence-electron chi connectivity index (χ4n) is 2.54. The molecule has 0 amide bonds. The van der Waals surface area contributed by atoms with E-state index in [2.05, 4.69) is 37.8 Å². The Morgan fingerprint density at radius 1 is 1.16 bits per heavy atom. The molecule has 0 unspecified atom stereocenters. The van der Waals surface area contributed by atoms with Crippen LogP contribution in [0.3, 0.4) is 0 Å². The van der Waals surface area contributed by atoms with E-state index >= 15 is 0 Å². The smallest absolute Gasteiger partial charge is 0.176 e. The molecule has 19 heavy (non-hydrogen) atoms. The van der Waals surface area contributed by atoms with Crippen LogP contribution in [0.15, 0.2) is 24.3 Å². The maximum Gasteiger partial charge on any atom is 0.176 e. The van der Waals surface area contributed by atoms with Gasteiger partial charge in [0, 0.05) is 5.56 Å². The van der Waals surface area contributed by atoms with Gasteiger partial charge in [-0.1, -0.05) is 45.0 Å². The molecule has 1 aliphatic heterocycles. The summed E-state index contributed by atoms with van der Waals surface area (Å²) in [6, 6.07) is 8.06. The Hall–Kier alpha value is -1.15. The summed E-state index contributed by atoms with van der Waals surface area (Å²) in [5.41, 5.74) is 2.58. The summed E-state index contributed by atoms with van der Waals surface area (Å²) < 4.78 is 0. The second-order valence-electron chi connectivity index (χ2n) is 6.41. The molecule has 1 aromatic carbocycles. The number of hydrogen-bond acceptors (Lipinski definition) is 2. The van der Waals surface area contributed by atoms with Crippen molar-refractivity contribution in [1.29, 1.82) is 0 Å². The average molecular weight is 259 g/mol. The molecule has 0 aromatic heterocycles. The zero-order valence-electron chi connectivity index (χ0n) is 12.4. The zero-order chi connectivity index (χ0) is 13.9. The quantitative estimate of drug-likeness (QED) is 0.771. The molecule has 0 N–H and O–H groups in total. The summed E-state index contributed by atoms with van der Waals surface area (Å²) in [5.74, 6) is 0.252. The van der Waals surface area contributed by atoms with Crippen LogP contribution in [0.4, 0.5) is 0 Å². The summed E-state index contributed by atoms with van der Waals surface area (Å²) in [5, 5.41) is 0. The Balaban J connectivity index is 1.90. The molecule has 0 atom stereocenters. The number of hydrogen-bond donors (Lipinski definition) is 0. The highest BCUT2D eigenvalue weighted by Gasteiger charge is 2.26. The van der Waals surface area contributed by atoms with Crippen molar-refractivity contribution in [2.24, 2.45) is 5.41 Å². The summed E-state index contributed by atoms with van der Waals surface area (Å²) in [6.07, 6.45) is 3.40. The minimum atomic E-state index is 0.252. The van der Waals surface area contributed by atoms with Crippen LogP contribution in [0, 0.1) is 5.41 Å². The number of Topliss-reactive ketones (excluding diaryl/α,β-unsaturated/α-hetero) is 1. The molecule has 0 saturated carbocycles. The van der Waals surface area contributed by atoms with Gasteiger partial charge in [-0.25, -0.2) is 0 Å². The minimum absolute atomic E-state index is 0.252. The fraction of sp³-hybridized carbons (Fsp3) is 0.588. The summed E-state index contributed by atoms with van der Waals surface area (Å²) in [6.45, 7) is 9.43. The molecule has 0 radical (unpaired) electrons. The standard InChI is InChI=1S/C17H25NO/c1-4-14-5-7-15(8-6-14)16(19)13-18-11-9-17(2,3)10-12-18/h5-8H,4,9-13H2,1-3H3. The van der Waals surface area contributed by atoms with Crippen LogP contribution in [0.25, 0.3) is 0 Å². The molecular formula is C17H25NO. The molecule has 2 rings (SSSR count). The Labute approximate surface area is 116 Å². The largest absolute Gasteiger partial charge is 0.296 e. The molecule has 1 heterocycles. The van der Waals surface area contributed by atoms with Crippen molar-refractivity contribution in [3.05, 3.63) is 35.4 Å². The number of carbonyl (C=O) groups excluding carboxylic acids is 1. The molecule has 1 aliphatic rings. The van der Waals surface area contributed by atoms with Crippen molar-refractivity contribution >= 4 is 5.78 Å². The third-order valence-electron chi connectivity index (χ3n) is 4.26. The molecule has 1 saturated heterocycles. The first-order chi connectivity index (χ1) is 9.00. The van der Waals surface area contributed by atoms with Crippen molar-refractivity contribution in [2.75, 3.05) is 19.6 Å². The van der Waals surface area contributed by atoms with Gasteiger partial charge >= 0.3 is 0 Å². The predicted octanol–water partition coefficient (Wildman–Crippen LogP) is 3.55. The third kappa shape index (κ3) is 3.90. The predicted molar refractivity (Wildman–Crippen MR) is 79.6 cm³/mol. The van der Waals surface area contributed by atoms with E-state index in [1.807, 2.05) is 12.1 Å². The van der Waals surface area contributed by atoms with Crippen LogP contribution in [-0.2, 0) is 6.42 Å². The summed E-state index contributed by atoms with van der Waals surface area (Å²) in [7, 11) is 0. The van der Waals surface area contributed by atoms with E-state index < -0.39 is 0 Å². The van der Waals surface area contributed by atoms with Gasteiger partial charge in [-0.15, -0.1) is 0 Å². The van der Waals surface area contributed by atoms with Crippen LogP contribution in [0.5, 0.6) is 0 Å². The number of benzene rings is 1. The molecule has 1 aromatic rings. The van der Waals surface area contributed by atoms with E-state index in [1.54, 1.807) is 0 Å². The lowest BCUT2D eigenvalue weighted by Crippen LogP contribution is -2.40. The van der Waals surface area contributed by atoms with Gasteiger partial charge in [0.25, 0.3) is 0 Å². The lowest BCUT2D eigenvalue weighted by atomic mass is 9.82. The Morgan fingerprint density at radius 2 is 1.74 bits per heavy atom. The van der Waals surface area contributed by atoms with Crippen molar-refractivity contribution < 1.29 is 4.79 Å². The molecular weight excluding hydrogens is 234 g/mol. The molecule has 0 spiro atoms. The van der Waals surface area contributed by atoms with Crippen LogP contribution in [0.2, 0.25) is 0 Å². The van der Waals surface area contributed by atoms with Crippen molar-refractivity contribution in [3.8, 4) is 0 Å². The van der Waals surface area contributed by atoms with E-state index in [0.717, 1.165) is 25.1 Å². The van der Waals surface area contributed by atoms with Crippen LogP contribution >= 0.6 is 0 Å². The first-order valence-corrected chi connectivity index (χ1v) is 7.35. The highest BCUT2D eigenvalue weighted by molar-refractivity contribution is 5.97. The monoisotopic (exact) mass is 259 g/mol. The van der Waals surface area contributed by atoms with E-state index in [9.17, 15) is 4.79 Å². The van der Waals surface area contributed by atoms with Crippen molar-refractivity contribution in [3.63, 3.8) is 0 Å². The number of carbonyl (C=O) groups is 1. The average Bonchev–Trinajstić information content (AvgIpc) is 2.41. The second-order valence-corrected chi connectivity index (χ2v) is 6.41. The van der Waals surface area contributed by atoms with Gasteiger partial charge in [-0.3, -0.25) is 9.69 Å². The third-order valence-corrected chi connectivity index (χ3v) is 4.26. The summed E-state index contributed by atoms with van der Waals surface area (Å²) in [4.78, 5) is 14.5. The number of ketones is 1. The van der Waals surface area contributed by atoms with Crippen LogP contribution in [0.1, 0.15) is 49.5 Å². The van der Waals surface area contributed by atoms with Crippen LogP contribution < -0.4 is 0 Å². The molecule has 0 aliphatic carbocycles. The lowest BCUT2D eigenvalue weighted by Gasteiger charge is -2.36. The van der Waals surface area contributed by atoms with Gasteiger partial charge in [0.2, 0.25) is 0 Å². The zero-order valence-corrected chi connectivity index (χ0v) is 12.4. The highest BCUT2D eigenvalue weighted by atomic mass is 16.1. The minimum Gasteiger partial charge on any atom is -0.296 e. The number of likely N-dealkylation sites (tertiary alicyclic amines) is 1. The number of piperidine rings is 1. The first kappa shape index (κ1) is 14.3. The SMILES string of the molecule is CCc1ccc(C(=O)CN2CCC(C)(C)CC2)cc1. The summed E-state index contributed by atoms with van der Waals surface area (Å²) >= 11 is 0. The lowest BCUT2D eigenvalue weighted by molar-refractivity contribution is 0.0845. The number of aryl methyl sites for hydroxylation is 1. The Morgan fingerprint density at radius 3 is 2.26 bits per heavy atom. The fourth-order valence-corrected chi connectivity index (χ4v) is 2.54. The van der Waals surface area contributed by atoms with Gasteiger partial charge in [-0.2, -0.15) is 0 Å². The Kier molecular flexibility index (Phi) is 4.41. The molecule has 2 nitrogen and oxygen atoms in total. The van der Waals surface area contributed by atoms with E-state index in [-0.39, 0.29) is 5.78 Å².